The topological polar surface area (TPSA) is 256 Å². The molecule has 5 aliphatic carbocycles. The summed E-state index contributed by atoms with van der Waals surface area (Å²) in [5, 5.41) is 72.7. The van der Waals surface area contributed by atoms with Crippen LogP contribution in [-0.4, -0.2) is 134 Å². The number of carboxylic acids is 2. The van der Waals surface area contributed by atoms with Crippen LogP contribution in [0.1, 0.15) is 99.3 Å². The van der Waals surface area contributed by atoms with Gasteiger partial charge in [0.05, 0.1) is 18.6 Å². The first-order valence-electron chi connectivity index (χ1n) is 20.8. The van der Waals surface area contributed by atoms with Gasteiger partial charge in [-0.1, -0.05) is 40.2 Å². The molecule has 7 N–H and O–H groups in total. The number of aliphatic carboxylic acids is 2. The summed E-state index contributed by atoms with van der Waals surface area (Å²) in [7, 11) is 1.43. The maximum Gasteiger partial charge on any atom is 0.335 e. The standard InChI is InChI=1S/C42H62O16/c1-38(2)22-9-12-41(5)19-8-11-39(3)14-15-40(4,37(53)54-7)17-20(39)18(19)16-21(43)32(41)42(22,6)13-10-23(38)55-36-31(27(47)26(46)30(57-36)34(51)52)58-35-28(48)24(44)25(45)29(56-35)33(49)50/h16,19-20,22-32,35-36,44-48H,8-15,17H2,1-7H3,(H,49,50)(H,51,52)/t19?,20-,22?,23-,24?,25?,26?,27?,28?,29?,30?,31?,32-,35?,36?,39-,40-,41-,42-/m0/s1. The molecule has 0 aromatic heterocycles. The Labute approximate surface area is 338 Å². The number of aliphatic hydroxyl groups is 5. The van der Waals surface area contributed by atoms with Gasteiger partial charge in [-0.15, -0.1) is 0 Å². The van der Waals surface area contributed by atoms with Gasteiger partial charge in [-0.2, -0.15) is 0 Å². The van der Waals surface area contributed by atoms with Crippen LogP contribution in [0.3, 0.4) is 0 Å². The van der Waals surface area contributed by atoms with E-state index < -0.39 is 95.7 Å². The highest BCUT2D eigenvalue weighted by Gasteiger charge is 2.68. The zero-order chi connectivity index (χ0) is 42.7. The van der Waals surface area contributed by atoms with Crippen molar-refractivity contribution in [2.75, 3.05) is 7.11 Å². The van der Waals surface area contributed by atoms with Crippen LogP contribution >= 0.6 is 0 Å². The molecule has 4 saturated carbocycles. The van der Waals surface area contributed by atoms with E-state index >= 15 is 0 Å². The average Bonchev–Trinajstić information content (AvgIpc) is 3.14. The number of allylic oxidation sites excluding steroid dienone is 2. The van der Waals surface area contributed by atoms with Crippen molar-refractivity contribution in [3.05, 3.63) is 11.6 Å². The number of aliphatic hydroxyl groups excluding tert-OH is 5. The van der Waals surface area contributed by atoms with Crippen molar-refractivity contribution < 1.29 is 78.6 Å². The molecule has 12 unspecified atom stereocenters. The Kier molecular flexibility index (Phi) is 11.1. The maximum atomic E-state index is 14.8. The minimum Gasteiger partial charge on any atom is -0.479 e. The Morgan fingerprint density at radius 3 is 1.91 bits per heavy atom. The molecular formula is C42H62O16. The molecule has 16 heteroatoms. The van der Waals surface area contributed by atoms with Crippen molar-refractivity contribution in [2.45, 2.75) is 167 Å². The number of hydrogen-bond donors (Lipinski definition) is 7. The van der Waals surface area contributed by atoms with Gasteiger partial charge in [-0.05, 0) is 110 Å². The molecule has 0 amide bonds. The Bertz CT molecular complexity index is 1700. The number of carboxylic acid groups (broad SMARTS) is 2. The predicted octanol–water partition coefficient (Wildman–Crippen LogP) is 1.94. The van der Waals surface area contributed by atoms with Crippen LogP contribution in [0.15, 0.2) is 11.6 Å². The highest BCUT2D eigenvalue weighted by molar-refractivity contribution is 5.95. The Morgan fingerprint density at radius 1 is 0.690 bits per heavy atom. The molecule has 7 aliphatic rings. The Hall–Kier alpha value is -2.54. The number of rotatable bonds is 7. The highest BCUT2D eigenvalue weighted by Crippen LogP contribution is 2.71. The summed E-state index contributed by atoms with van der Waals surface area (Å²) < 4.78 is 28.6. The lowest BCUT2D eigenvalue weighted by Gasteiger charge is -2.67. The van der Waals surface area contributed by atoms with E-state index in [4.69, 9.17) is 23.7 Å². The van der Waals surface area contributed by atoms with Crippen molar-refractivity contribution in [1.29, 1.82) is 0 Å². The number of carbonyl (C=O) groups excluding carboxylic acids is 2. The summed E-state index contributed by atoms with van der Waals surface area (Å²) in [6.07, 6.45) is -11.4. The number of ether oxygens (including phenoxy) is 5. The van der Waals surface area contributed by atoms with Crippen LogP contribution in [0.5, 0.6) is 0 Å². The van der Waals surface area contributed by atoms with Crippen LogP contribution in [0.4, 0.5) is 0 Å². The van der Waals surface area contributed by atoms with Gasteiger partial charge in [0, 0.05) is 5.92 Å². The fourth-order valence-corrected chi connectivity index (χ4v) is 13.3. The largest absolute Gasteiger partial charge is 0.479 e. The third kappa shape index (κ3) is 6.59. The van der Waals surface area contributed by atoms with Gasteiger partial charge in [0.15, 0.2) is 30.6 Å². The molecule has 19 atom stereocenters. The van der Waals surface area contributed by atoms with E-state index in [-0.39, 0.29) is 46.3 Å². The number of fused-ring (bicyclic) bond motifs is 7. The van der Waals surface area contributed by atoms with E-state index in [1.807, 2.05) is 26.8 Å². The van der Waals surface area contributed by atoms with E-state index in [1.54, 1.807) is 0 Å². The third-order valence-electron chi connectivity index (χ3n) is 16.6. The van der Waals surface area contributed by atoms with Gasteiger partial charge >= 0.3 is 17.9 Å². The molecule has 2 aliphatic heterocycles. The second-order valence-corrected chi connectivity index (χ2v) is 20.2. The average molecular weight is 823 g/mol. The molecule has 0 bridgehead atoms. The first-order chi connectivity index (χ1) is 26.9. The van der Waals surface area contributed by atoms with Crippen LogP contribution in [0, 0.1) is 50.7 Å². The Balaban J connectivity index is 1.15. The fraction of sp³-hybridized carbons (Fsp3) is 0.857. The smallest absolute Gasteiger partial charge is 0.335 e. The molecular weight excluding hydrogens is 760 g/mol. The molecule has 16 nitrogen and oxygen atoms in total. The zero-order valence-electron chi connectivity index (χ0n) is 34.4. The summed E-state index contributed by atoms with van der Waals surface area (Å²) in [6.45, 7) is 12.8. The quantitative estimate of drug-likeness (QED) is 0.143. The molecule has 0 aromatic rings. The summed E-state index contributed by atoms with van der Waals surface area (Å²) >= 11 is 0. The number of carbonyl (C=O) groups is 4. The normalized spacial score (nSPS) is 51.2. The van der Waals surface area contributed by atoms with Crippen molar-refractivity contribution in [3.63, 3.8) is 0 Å². The number of methoxy groups -OCH3 is 1. The van der Waals surface area contributed by atoms with E-state index in [2.05, 4.69) is 20.8 Å². The minimum atomic E-state index is -2.04. The van der Waals surface area contributed by atoms with E-state index in [1.165, 1.54) is 12.7 Å². The SMILES string of the molecule is COC(=O)[C@@]1(C)CC[C@]2(C)CCC3C(=CC(=O)[C@H]4[C@@]3(C)CCC3C(C)(C)[C@@H](OC5OC(C(=O)O)C(O)C(O)C5OC5OC(C(=O)O)C(O)C(O)C5O)CC[C@@]34C)[C@@H]2C1. The zero-order valence-corrected chi connectivity index (χ0v) is 34.4. The molecule has 0 spiro atoms. The summed E-state index contributed by atoms with van der Waals surface area (Å²) in [4.78, 5) is 51.7. The van der Waals surface area contributed by atoms with Crippen molar-refractivity contribution in [3.8, 4) is 0 Å². The summed E-state index contributed by atoms with van der Waals surface area (Å²) in [6, 6.07) is 0. The molecule has 2 saturated heterocycles. The van der Waals surface area contributed by atoms with Crippen molar-refractivity contribution in [2.24, 2.45) is 50.7 Å². The maximum absolute atomic E-state index is 14.8. The minimum absolute atomic E-state index is 0.00983. The van der Waals surface area contributed by atoms with Gasteiger partial charge in [0.25, 0.3) is 0 Å². The van der Waals surface area contributed by atoms with E-state index in [0.29, 0.717) is 19.3 Å². The lowest BCUT2D eigenvalue weighted by atomic mass is 9.37. The predicted molar refractivity (Wildman–Crippen MR) is 199 cm³/mol. The van der Waals surface area contributed by atoms with Gasteiger partial charge in [-0.25, -0.2) is 9.59 Å². The molecule has 2 heterocycles. The molecule has 6 fully saturated rings. The number of ketones is 1. The van der Waals surface area contributed by atoms with Crippen molar-refractivity contribution in [1.82, 2.24) is 0 Å². The Morgan fingerprint density at radius 2 is 1.29 bits per heavy atom. The van der Waals surface area contributed by atoms with Gasteiger partial charge in [0.2, 0.25) is 0 Å². The molecule has 58 heavy (non-hydrogen) atoms. The van der Waals surface area contributed by atoms with Gasteiger partial charge < -0.3 is 59.4 Å². The molecule has 0 aromatic carbocycles. The van der Waals surface area contributed by atoms with Crippen LogP contribution in [0.2, 0.25) is 0 Å². The number of esters is 1. The van der Waals surface area contributed by atoms with Gasteiger partial charge in [-0.3, -0.25) is 9.59 Å². The monoisotopic (exact) mass is 822 g/mol. The van der Waals surface area contributed by atoms with Gasteiger partial charge in [0.1, 0.15) is 36.6 Å². The highest BCUT2D eigenvalue weighted by atomic mass is 16.8. The fourth-order valence-electron chi connectivity index (χ4n) is 13.3. The third-order valence-corrected chi connectivity index (χ3v) is 16.6. The van der Waals surface area contributed by atoms with E-state index in [9.17, 15) is 54.9 Å². The number of hydrogen-bond acceptors (Lipinski definition) is 14. The van der Waals surface area contributed by atoms with Crippen LogP contribution in [0.25, 0.3) is 0 Å². The molecule has 326 valence electrons. The van der Waals surface area contributed by atoms with Crippen LogP contribution < -0.4 is 0 Å². The lowest BCUT2D eigenvalue weighted by molar-refractivity contribution is -0.371. The van der Waals surface area contributed by atoms with Crippen LogP contribution in [-0.2, 0) is 42.9 Å². The summed E-state index contributed by atoms with van der Waals surface area (Å²) in [5.41, 5.74) is -0.905. The van der Waals surface area contributed by atoms with Crippen molar-refractivity contribution >= 4 is 23.7 Å². The van der Waals surface area contributed by atoms with E-state index in [0.717, 1.165) is 38.5 Å². The lowest BCUT2D eigenvalue weighted by Crippen LogP contribution is -2.67. The summed E-state index contributed by atoms with van der Waals surface area (Å²) in [5.74, 6) is -3.44. The first kappa shape index (κ1) is 43.5. The molecule has 0 radical (unpaired) electrons. The first-order valence-corrected chi connectivity index (χ1v) is 20.8. The molecule has 7 rings (SSSR count). The second-order valence-electron chi connectivity index (χ2n) is 20.2. The second kappa shape index (κ2) is 14.8.